The number of rotatable bonds is 11. The fourth-order valence-corrected chi connectivity index (χ4v) is 7.20. The molecular formula is C34H46N8O4Si. The molecule has 0 aliphatic carbocycles. The highest BCUT2D eigenvalue weighted by Crippen LogP contribution is 2.32. The number of fused-ring (bicyclic) bond motifs is 1. The smallest absolute Gasteiger partial charge is 0.407 e. The number of carbonyl (C=O) groups excluding carboxylic acids is 1. The lowest BCUT2D eigenvalue weighted by Crippen LogP contribution is -2.42. The molecule has 0 spiro atoms. The number of imidazole rings is 1. The van der Waals surface area contributed by atoms with Gasteiger partial charge in [0.25, 0.3) is 0 Å². The lowest BCUT2D eigenvalue weighted by atomic mass is 9.96. The Morgan fingerprint density at radius 3 is 2.47 bits per heavy atom. The Balaban J connectivity index is 1.18. The van der Waals surface area contributed by atoms with Crippen LogP contribution in [0.15, 0.2) is 55.1 Å². The molecular weight excluding hydrogens is 613 g/mol. The van der Waals surface area contributed by atoms with Gasteiger partial charge in [-0.1, -0.05) is 57.8 Å². The zero-order chi connectivity index (χ0) is 33.3. The Labute approximate surface area is 277 Å². The quantitative estimate of drug-likeness (QED) is 0.150. The molecule has 13 heteroatoms. The molecule has 250 valence electrons. The summed E-state index contributed by atoms with van der Waals surface area (Å²) < 4.78 is 9.75. The van der Waals surface area contributed by atoms with Crippen LogP contribution >= 0.6 is 0 Å². The van der Waals surface area contributed by atoms with Gasteiger partial charge < -0.3 is 24.2 Å². The van der Waals surface area contributed by atoms with Crippen LogP contribution in [0.25, 0.3) is 28.2 Å². The Bertz CT molecular complexity index is 1700. The fourth-order valence-electron chi connectivity index (χ4n) is 6.44. The van der Waals surface area contributed by atoms with Crippen molar-refractivity contribution in [1.82, 2.24) is 33.9 Å². The van der Waals surface area contributed by atoms with E-state index in [-0.39, 0.29) is 23.9 Å². The van der Waals surface area contributed by atoms with Gasteiger partial charge in [0.15, 0.2) is 5.65 Å². The number of urea groups is 1. The summed E-state index contributed by atoms with van der Waals surface area (Å²) in [5.74, 6) is 1.97. The first-order valence-corrected chi connectivity index (χ1v) is 20.3. The minimum absolute atomic E-state index is 0.0227. The number of anilines is 1. The normalized spacial score (nSPS) is 17.9. The monoisotopic (exact) mass is 658 g/mol. The van der Waals surface area contributed by atoms with Crippen LogP contribution in [-0.2, 0) is 11.5 Å². The van der Waals surface area contributed by atoms with Gasteiger partial charge in [0.2, 0.25) is 0 Å². The van der Waals surface area contributed by atoms with Crippen LogP contribution in [0.2, 0.25) is 25.7 Å². The predicted molar refractivity (Wildman–Crippen MR) is 184 cm³/mol. The number of piperidine rings is 1. The second-order valence-corrected chi connectivity index (χ2v) is 20.0. The van der Waals surface area contributed by atoms with Gasteiger partial charge in [-0.25, -0.2) is 24.1 Å². The molecule has 0 radical (unpaired) electrons. The van der Waals surface area contributed by atoms with Crippen molar-refractivity contribution in [3.05, 3.63) is 55.1 Å². The number of carbonyl (C=O) groups is 2. The number of aromatic nitrogens is 5. The highest BCUT2D eigenvalue weighted by atomic mass is 28.3. The van der Waals surface area contributed by atoms with E-state index in [0.717, 1.165) is 48.0 Å². The molecule has 3 amide bonds. The molecule has 47 heavy (non-hydrogen) atoms. The standard InChI is InChI=1S/C34H46N8O4Si/c1-24(2)29-22-40(21-25-10-14-38(15-11-25)34(44)45)33(43)42(29)30-12-16-41-32(37-30)28(20-36-41)26-6-8-27(9-7-26)31-35-13-17-39(31)23-46-18-19-47(3,4)5/h6-9,12-13,16-17,20,24-25,29H,10-11,14-15,18-19,21-23H2,1-5H3,(H,44,45). The molecule has 4 aromatic rings. The van der Waals surface area contributed by atoms with E-state index >= 15 is 0 Å². The third-order valence-electron chi connectivity index (χ3n) is 9.35. The summed E-state index contributed by atoms with van der Waals surface area (Å²) in [4.78, 5) is 40.0. The summed E-state index contributed by atoms with van der Waals surface area (Å²) in [7, 11) is -1.15. The molecule has 0 bridgehead atoms. The van der Waals surface area contributed by atoms with Crippen molar-refractivity contribution in [2.75, 3.05) is 37.7 Å². The van der Waals surface area contributed by atoms with Crippen molar-refractivity contribution < 1.29 is 19.4 Å². The Hall–Kier alpha value is -4.23. The molecule has 2 aliphatic heterocycles. The predicted octanol–water partition coefficient (Wildman–Crippen LogP) is 6.23. The minimum Gasteiger partial charge on any atom is -0.465 e. The Kier molecular flexibility index (Phi) is 9.38. The van der Waals surface area contributed by atoms with Gasteiger partial charge in [-0.05, 0) is 42.4 Å². The second-order valence-electron chi connectivity index (χ2n) is 14.3. The molecule has 1 N–H and O–H groups in total. The van der Waals surface area contributed by atoms with Gasteiger partial charge in [0.1, 0.15) is 18.4 Å². The van der Waals surface area contributed by atoms with Crippen LogP contribution in [0, 0.1) is 11.8 Å². The van der Waals surface area contributed by atoms with Gasteiger partial charge in [0, 0.05) is 70.6 Å². The number of likely N-dealkylation sites (tertiary alicyclic amines) is 1. The van der Waals surface area contributed by atoms with E-state index in [4.69, 9.17) is 9.72 Å². The fraction of sp³-hybridized carbons (Fsp3) is 0.500. The highest BCUT2D eigenvalue weighted by Gasteiger charge is 2.41. The molecule has 1 atom stereocenters. The number of hydrogen-bond acceptors (Lipinski definition) is 6. The maximum Gasteiger partial charge on any atom is 0.407 e. The van der Waals surface area contributed by atoms with Gasteiger partial charge in [-0.3, -0.25) is 4.90 Å². The van der Waals surface area contributed by atoms with Crippen molar-refractivity contribution in [3.63, 3.8) is 0 Å². The zero-order valence-electron chi connectivity index (χ0n) is 28.0. The number of hydrogen-bond donors (Lipinski definition) is 1. The molecule has 2 fully saturated rings. The van der Waals surface area contributed by atoms with Crippen LogP contribution in [0.1, 0.15) is 26.7 Å². The molecule has 2 aliphatic rings. The van der Waals surface area contributed by atoms with Gasteiger partial charge in [0.05, 0.1) is 12.2 Å². The van der Waals surface area contributed by atoms with Crippen LogP contribution < -0.4 is 4.90 Å². The minimum atomic E-state index is -1.15. The summed E-state index contributed by atoms with van der Waals surface area (Å²) in [6.45, 7) is 14.8. The summed E-state index contributed by atoms with van der Waals surface area (Å²) in [6, 6.07) is 11.1. The van der Waals surface area contributed by atoms with E-state index in [9.17, 15) is 14.7 Å². The van der Waals surface area contributed by atoms with Gasteiger partial charge in [-0.15, -0.1) is 0 Å². The first-order chi connectivity index (χ1) is 22.5. The van der Waals surface area contributed by atoms with Crippen LogP contribution in [0.4, 0.5) is 15.4 Å². The largest absolute Gasteiger partial charge is 0.465 e. The van der Waals surface area contributed by atoms with E-state index in [1.54, 1.807) is 10.7 Å². The van der Waals surface area contributed by atoms with Crippen molar-refractivity contribution in [3.8, 4) is 22.5 Å². The number of benzene rings is 1. The number of amides is 3. The SMILES string of the molecule is CC(C)C1CN(CC2CCN(C(=O)O)CC2)C(=O)N1c1ccn2ncc(-c3ccc(-c4nccn4COCC[Si](C)(C)C)cc3)c2n1. The molecule has 1 aromatic carbocycles. The van der Waals surface area contributed by atoms with E-state index in [2.05, 4.69) is 67.8 Å². The Morgan fingerprint density at radius 1 is 1.06 bits per heavy atom. The van der Waals surface area contributed by atoms with Crippen molar-refractivity contribution in [2.24, 2.45) is 11.8 Å². The van der Waals surface area contributed by atoms with Gasteiger partial charge in [-0.2, -0.15) is 5.10 Å². The molecule has 6 rings (SSSR count). The lowest BCUT2D eigenvalue weighted by Gasteiger charge is -2.32. The topological polar surface area (TPSA) is 121 Å². The molecule has 0 saturated carbocycles. The average molecular weight is 659 g/mol. The third kappa shape index (κ3) is 7.20. The summed E-state index contributed by atoms with van der Waals surface area (Å²) >= 11 is 0. The summed E-state index contributed by atoms with van der Waals surface area (Å²) in [5.41, 5.74) is 3.53. The molecule has 2 saturated heterocycles. The Morgan fingerprint density at radius 2 is 1.79 bits per heavy atom. The molecule has 12 nitrogen and oxygen atoms in total. The van der Waals surface area contributed by atoms with Gasteiger partial charge >= 0.3 is 12.1 Å². The van der Waals surface area contributed by atoms with E-state index in [1.165, 1.54) is 4.90 Å². The van der Waals surface area contributed by atoms with E-state index in [1.807, 2.05) is 39.0 Å². The number of carboxylic acid groups (broad SMARTS) is 1. The zero-order valence-corrected chi connectivity index (χ0v) is 29.0. The van der Waals surface area contributed by atoms with E-state index in [0.29, 0.717) is 44.4 Å². The average Bonchev–Trinajstić information content (AvgIpc) is 3.76. The first kappa shape index (κ1) is 32.7. The lowest BCUT2D eigenvalue weighted by molar-refractivity contribution is 0.0883. The van der Waals surface area contributed by atoms with Crippen molar-refractivity contribution >= 4 is 31.7 Å². The maximum atomic E-state index is 13.9. The molecule has 1 unspecified atom stereocenters. The molecule has 3 aromatic heterocycles. The number of nitrogens with zero attached hydrogens (tertiary/aromatic N) is 8. The summed E-state index contributed by atoms with van der Waals surface area (Å²) in [6.07, 6.45) is 8.08. The van der Waals surface area contributed by atoms with Crippen molar-refractivity contribution in [1.29, 1.82) is 0 Å². The first-order valence-electron chi connectivity index (χ1n) is 16.6. The second kappa shape index (κ2) is 13.5. The van der Waals surface area contributed by atoms with Crippen LogP contribution in [-0.4, -0.2) is 98.1 Å². The molecule has 5 heterocycles. The highest BCUT2D eigenvalue weighted by molar-refractivity contribution is 6.76. The number of ether oxygens (including phenoxy) is 1. The van der Waals surface area contributed by atoms with Crippen LogP contribution in [0.5, 0.6) is 0 Å². The summed E-state index contributed by atoms with van der Waals surface area (Å²) in [5, 5.41) is 13.9. The third-order valence-corrected chi connectivity index (χ3v) is 11.1. The van der Waals surface area contributed by atoms with E-state index < -0.39 is 14.2 Å². The van der Waals surface area contributed by atoms with Crippen LogP contribution in [0.3, 0.4) is 0 Å². The van der Waals surface area contributed by atoms with Crippen molar-refractivity contribution in [2.45, 2.75) is 65.1 Å². The maximum absolute atomic E-state index is 13.9.